The van der Waals surface area contributed by atoms with Crippen molar-refractivity contribution < 1.29 is 0 Å². The quantitative estimate of drug-likeness (QED) is 0.510. The number of aromatic nitrogens is 2. The number of nitrogens with zero attached hydrogens (tertiary/aromatic N) is 2. The average molecular weight is 411 g/mol. The molecule has 0 saturated heterocycles. The molecule has 4 N–H and O–H groups in total. The van der Waals surface area contributed by atoms with E-state index in [-0.39, 0.29) is 0 Å². The van der Waals surface area contributed by atoms with Crippen molar-refractivity contribution in [2.45, 2.75) is 13.8 Å². The van der Waals surface area contributed by atoms with Crippen molar-refractivity contribution in [3.63, 3.8) is 0 Å². The van der Waals surface area contributed by atoms with Crippen LogP contribution in [0, 0.1) is 17.5 Å². The highest BCUT2D eigenvalue weighted by Gasteiger charge is 2.01. The Kier molecular flexibility index (Phi) is 6.09. The third-order valence-electron chi connectivity index (χ3n) is 2.31. The van der Waals surface area contributed by atoms with Crippen LogP contribution in [-0.2, 0) is 0 Å². The number of rotatable bonds is 0. The van der Waals surface area contributed by atoms with Gasteiger partial charge in [0.2, 0.25) is 0 Å². The van der Waals surface area contributed by atoms with Gasteiger partial charge in [-0.05, 0) is 59.7 Å². The Morgan fingerprint density at radius 3 is 2.11 bits per heavy atom. The molecule has 19 heavy (non-hydrogen) atoms. The fourth-order valence-corrected chi connectivity index (χ4v) is 2.43. The predicted molar refractivity (Wildman–Crippen MR) is 89.5 cm³/mol. The Morgan fingerprint density at radius 1 is 1.05 bits per heavy atom. The molecule has 2 heterocycles. The molecule has 2 aromatic heterocycles. The number of anilines is 2. The minimum Gasteiger partial charge on any atom is -0.397 e. The Labute approximate surface area is 135 Å². The molecule has 2 rings (SSSR count). The second-order valence-electron chi connectivity index (χ2n) is 3.83. The Bertz CT molecular complexity index is 567. The maximum absolute atomic E-state index is 5.65. The van der Waals surface area contributed by atoms with Crippen molar-refractivity contribution >= 4 is 57.2 Å². The Hall–Kier alpha value is -0.790. The smallest absolute Gasteiger partial charge is 0.130 e. The summed E-state index contributed by atoms with van der Waals surface area (Å²) in [7, 11) is 0. The average Bonchev–Trinajstić information content (AvgIpc) is 2.32. The zero-order valence-corrected chi connectivity index (χ0v) is 14.1. The number of halogens is 3. The normalized spacial score (nSPS) is 9.74. The summed E-state index contributed by atoms with van der Waals surface area (Å²) in [4.78, 5) is 7.74. The van der Waals surface area contributed by atoms with Crippen LogP contribution in [0.4, 0.5) is 11.4 Å². The minimum atomic E-state index is 0.488. The van der Waals surface area contributed by atoms with E-state index < -0.39 is 0 Å². The van der Waals surface area contributed by atoms with Gasteiger partial charge in [-0.3, -0.25) is 0 Å². The van der Waals surface area contributed by atoms with Crippen LogP contribution in [0.25, 0.3) is 0 Å². The molecule has 7 heteroatoms. The number of hydrogen-bond donors (Lipinski definition) is 2. The lowest BCUT2D eigenvalue weighted by Crippen LogP contribution is -1.95. The van der Waals surface area contributed by atoms with Crippen LogP contribution in [0.5, 0.6) is 0 Å². The van der Waals surface area contributed by atoms with Crippen molar-refractivity contribution in [2.75, 3.05) is 11.5 Å². The molecule has 0 bridgehead atoms. The van der Waals surface area contributed by atoms with E-state index in [1.807, 2.05) is 13.8 Å². The third-order valence-corrected chi connectivity index (χ3v) is 3.53. The molecular formula is C12H13Cl2IN4. The summed E-state index contributed by atoms with van der Waals surface area (Å²) >= 11 is 13.3. The van der Waals surface area contributed by atoms with E-state index in [0.717, 1.165) is 14.8 Å². The number of hydrogen-bond acceptors (Lipinski definition) is 4. The SMILES string of the molecule is Cc1cc(Cl)nc(I)c1N.Cc1cc(Cl)ncc1N. The second-order valence-corrected chi connectivity index (χ2v) is 5.63. The van der Waals surface area contributed by atoms with Crippen molar-refractivity contribution in [1.29, 1.82) is 0 Å². The summed E-state index contributed by atoms with van der Waals surface area (Å²) in [6.07, 6.45) is 1.55. The van der Waals surface area contributed by atoms with Crippen molar-refractivity contribution in [3.8, 4) is 0 Å². The first-order chi connectivity index (χ1) is 8.81. The van der Waals surface area contributed by atoms with Gasteiger partial charge in [-0.2, -0.15) is 0 Å². The zero-order chi connectivity index (χ0) is 14.6. The molecule has 0 aromatic carbocycles. The van der Waals surface area contributed by atoms with E-state index in [1.165, 1.54) is 0 Å². The van der Waals surface area contributed by atoms with E-state index in [4.69, 9.17) is 34.7 Å². The molecule has 0 aliphatic rings. The molecule has 4 nitrogen and oxygen atoms in total. The molecule has 0 amide bonds. The van der Waals surface area contributed by atoms with Crippen LogP contribution in [-0.4, -0.2) is 9.97 Å². The first kappa shape index (κ1) is 16.3. The van der Waals surface area contributed by atoms with Gasteiger partial charge in [0.1, 0.15) is 14.0 Å². The highest BCUT2D eigenvalue weighted by atomic mass is 127. The number of pyridine rings is 2. The van der Waals surface area contributed by atoms with Crippen LogP contribution < -0.4 is 11.5 Å². The number of nitrogen functional groups attached to an aromatic ring is 2. The van der Waals surface area contributed by atoms with Gasteiger partial charge in [0.15, 0.2) is 0 Å². The number of aryl methyl sites for hydroxylation is 2. The molecule has 0 radical (unpaired) electrons. The topological polar surface area (TPSA) is 77.8 Å². The second kappa shape index (κ2) is 7.12. The van der Waals surface area contributed by atoms with E-state index >= 15 is 0 Å². The van der Waals surface area contributed by atoms with Gasteiger partial charge in [0, 0.05) is 0 Å². The maximum atomic E-state index is 5.65. The lowest BCUT2D eigenvalue weighted by Gasteiger charge is -2.00. The van der Waals surface area contributed by atoms with Crippen LogP contribution in [0.2, 0.25) is 10.3 Å². The van der Waals surface area contributed by atoms with Gasteiger partial charge in [0.05, 0.1) is 17.6 Å². The molecule has 0 aliphatic carbocycles. The molecule has 0 aliphatic heterocycles. The molecule has 0 spiro atoms. The summed E-state index contributed by atoms with van der Waals surface area (Å²) in [6.45, 7) is 3.80. The standard InChI is InChI=1S/C6H6ClIN2.C6H7ClN2/c1-3-2-4(7)10-6(8)5(3)9;1-4-2-6(7)9-3-5(4)8/h2H,9H2,1H3;2-3H,8H2,1H3. The lowest BCUT2D eigenvalue weighted by molar-refractivity contribution is 1.24. The van der Waals surface area contributed by atoms with Gasteiger partial charge < -0.3 is 11.5 Å². The fourth-order valence-electron chi connectivity index (χ4n) is 1.14. The zero-order valence-electron chi connectivity index (χ0n) is 10.4. The maximum Gasteiger partial charge on any atom is 0.130 e. The van der Waals surface area contributed by atoms with Crippen molar-refractivity contribution in [2.24, 2.45) is 0 Å². The summed E-state index contributed by atoms with van der Waals surface area (Å²) in [6, 6.07) is 3.48. The molecule has 102 valence electrons. The molecule has 0 atom stereocenters. The summed E-state index contributed by atoms with van der Waals surface area (Å²) < 4.78 is 0.766. The summed E-state index contributed by atoms with van der Waals surface area (Å²) in [5.41, 5.74) is 14.4. The minimum absolute atomic E-state index is 0.488. The van der Waals surface area contributed by atoms with Crippen LogP contribution in [0.3, 0.4) is 0 Å². The Morgan fingerprint density at radius 2 is 1.63 bits per heavy atom. The van der Waals surface area contributed by atoms with Crippen molar-refractivity contribution in [1.82, 2.24) is 9.97 Å². The van der Waals surface area contributed by atoms with Gasteiger partial charge in [-0.15, -0.1) is 0 Å². The predicted octanol–water partition coefficient (Wildman–Crippen LogP) is 3.86. The van der Waals surface area contributed by atoms with E-state index in [0.29, 0.717) is 21.7 Å². The number of nitrogens with two attached hydrogens (primary N) is 2. The van der Waals surface area contributed by atoms with Gasteiger partial charge in [0.25, 0.3) is 0 Å². The fraction of sp³-hybridized carbons (Fsp3) is 0.167. The highest BCUT2D eigenvalue weighted by Crippen LogP contribution is 2.19. The van der Waals surface area contributed by atoms with Crippen LogP contribution in [0.1, 0.15) is 11.1 Å². The highest BCUT2D eigenvalue weighted by molar-refractivity contribution is 14.1. The van der Waals surface area contributed by atoms with Gasteiger partial charge >= 0.3 is 0 Å². The molecule has 0 fully saturated rings. The molecule has 0 saturated carbocycles. The van der Waals surface area contributed by atoms with Crippen LogP contribution >= 0.6 is 45.8 Å². The van der Waals surface area contributed by atoms with E-state index in [9.17, 15) is 0 Å². The first-order valence-electron chi connectivity index (χ1n) is 5.27. The largest absolute Gasteiger partial charge is 0.397 e. The Balaban J connectivity index is 0.000000191. The first-order valence-corrected chi connectivity index (χ1v) is 7.10. The van der Waals surface area contributed by atoms with Crippen LogP contribution in [0.15, 0.2) is 18.3 Å². The van der Waals surface area contributed by atoms with Crippen molar-refractivity contribution in [3.05, 3.63) is 43.5 Å². The summed E-state index contributed by atoms with van der Waals surface area (Å²) in [5.74, 6) is 0. The van der Waals surface area contributed by atoms with Gasteiger partial charge in [-0.25, -0.2) is 9.97 Å². The van der Waals surface area contributed by atoms with E-state index in [2.05, 4.69) is 32.6 Å². The third kappa shape index (κ3) is 5.00. The molecular weight excluding hydrogens is 398 g/mol. The molecule has 2 aromatic rings. The lowest BCUT2D eigenvalue weighted by atomic mass is 10.3. The van der Waals surface area contributed by atoms with E-state index in [1.54, 1.807) is 18.3 Å². The molecule has 0 unspecified atom stereocenters. The summed E-state index contributed by atoms with van der Waals surface area (Å²) in [5, 5.41) is 0.984. The van der Waals surface area contributed by atoms with Gasteiger partial charge in [-0.1, -0.05) is 23.2 Å². The monoisotopic (exact) mass is 410 g/mol.